The lowest BCUT2D eigenvalue weighted by Gasteiger charge is -2.21. The second kappa shape index (κ2) is 4.75. The summed E-state index contributed by atoms with van der Waals surface area (Å²) in [5, 5.41) is 3.14. The highest BCUT2D eigenvalue weighted by atomic mass is 15.1. The van der Waals surface area contributed by atoms with Crippen LogP contribution in [0.1, 0.15) is 13.8 Å². The molecule has 1 aromatic carbocycles. The van der Waals surface area contributed by atoms with Gasteiger partial charge in [0.25, 0.3) is 0 Å². The average Bonchev–Trinajstić information content (AvgIpc) is 2.20. The highest BCUT2D eigenvalue weighted by molar-refractivity contribution is 5.57. The van der Waals surface area contributed by atoms with Gasteiger partial charge in [-0.3, -0.25) is 0 Å². The van der Waals surface area contributed by atoms with E-state index >= 15 is 0 Å². The molecule has 0 unspecified atom stereocenters. The zero-order valence-electron chi connectivity index (χ0n) is 8.67. The minimum Gasteiger partial charge on any atom is -0.388 e. The topological polar surface area (TPSA) is 15.3 Å². The first-order valence-corrected chi connectivity index (χ1v) is 4.84. The van der Waals surface area contributed by atoms with E-state index in [0.717, 1.165) is 13.1 Å². The van der Waals surface area contributed by atoms with Crippen LogP contribution in [0.25, 0.3) is 0 Å². The Labute approximate surface area is 80.6 Å². The summed E-state index contributed by atoms with van der Waals surface area (Å²) in [6, 6.07) is 8.48. The largest absolute Gasteiger partial charge is 0.388 e. The first kappa shape index (κ1) is 9.90. The van der Waals surface area contributed by atoms with Crippen LogP contribution in [0.2, 0.25) is 0 Å². The molecular formula is C11H18N2. The fourth-order valence-corrected chi connectivity index (χ4v) is 1.45. The number of hydrogen-bond acceptors (Lipinski definition) is 2. The summed E-state index contributed by atoms with van der Waals surface area (Å²) < 4.78 is 0. The van der Waals surface area contributed by atoms with Crippen LogP contribution in [0.5, 0.6) is 0 Å². The molecule has 0 saturated carbocycles. The number of hydrogen-bond donors (Lipinski definition) is 1. The second-order valence-corrected chi connectivity index (χ2v) is 2.97. The molecule has 0 saturated heterocycles. The van der Waals surface area contributed by atoms with E-state index in [4.69, 9.17) is 0 Å². The summed E-state index contributed by atoms with van der Waals surface area (Å²) in [7, 11) is 1.95. The molecule has 0 spiro atoms. The van der Waals surface area contributed by atoms with Crippen molar-refractivity contribution in [1.29, 1.82) is 0 Å². The van der Waals surface area contributed by atoms with Crippen LogP contribution < -0.4 is 10.2 Å². The first-order valence-electron chi connectivity index (χ1n) is 4.84. The highest BCUT2D eigenvalue weighted by Gasteiger charge is 2.00. The number of nitrogens with one attached hydrogen (secondary N) is 1. The summed E-state index contributed by atoms with van der Waals surface area (Å²) >= 11 is 0. The van der Waals surface area contributed by atoms with Gasteiger partial charge in [-0.2, -0.15) is 0 Å². The van der Waals surface area contributed by atoms with Gasteiger partial charge >= 0.3 is 0 Å². The van der Waals surface area contributed by atoms with Crippen LogP contribution in [0.4, 0.5) is 11.4 Å². The summed E-state index contributed by atoms with van der Waals surface area (Å²) in [6.07, 6.45) is 0. The normalized spacial score (nSPS) is 9.77. The molecule has 0 aliphatic carbocycles. The second-order valence-electron chi connectivity index (χ2n) is 2.97. The Kier molecular flexibility index (Phi) is 3.62. The predicted molar refractivity (Wildman–Crippen MR) is 59.5 cm³/mol. The molecule has 0 bridgehead atoms. The van der Waals surface area contributed by atoms with Crippen molar-refractivity contribution in [2.75, 3.05) is 30.4 Å². The van der Waals surface area contributed by atoms with Crippen LogP contribution in [0, 0.1) is 0 Å². The molecule has 2 nitrogen and oxygen atoms in total. The minimum absolute atomic E-state index is 1.06. The first-order chi connectivity index (χ1) is 6.31. The lowest BCUT2D eigenvalue weighted by Crippen LogP contribution is -2.21. The molecule has 0 atom stereocenters. The van der Waals surface area contributed by atoms with E-state index in [9.17, 15) is 0 Å². The van der Waals surface area contributed by atoms with Gasteiger partial charge in [0.1, 0.15) is 0 Å². The molecule has 0 aromatic heterocycles. The maximum Gasteiger partial charge on any atom is 0.0386 e. The van der Waals surface area contributed by atoms with Gasteiger partial charge in [0.05, 0.1) is 0 Å². The molecule has 13 heavy (non-hydrogen) atoms. The summed E-state index contributed by atoms with van der Waals surface area (Å²) in [6.45, 7) is 6.47. The molecule has 0 heterocycles. The number of rotatable bonds is 4. The van der Waals surface area contributed by atoms with Crippen molar-refractivity contribution >= 4 is 11.4 Å². The fourth-order valence-electron chi connectivity index (χ4n) is 1.45. The molecule has 0 amide bonds. The Morgan fingerprint density at radius 1 is 1.23 bits per heavy atom. The maximum absolute atomic E-state index is 3.14. The molecule has 72 valence electrons. The van der Waals surface area contributed by atoms with Crippen LogP contribution in [0.3, 0.4) is 0 Å². The van der Waals surface area contributed by atoms with Gasteiger partial charge < -0.3 is 10.2 Å². The highest BCUT2D eigenvalue weighted by Crippen LogP contribution is 2.18. The molecule has 0 fully saturated rings. The molecule has 2 heteroatoms. The standard InChI is InChI=1S/C11H18N2/c1-4-13(5-2)11-8-6-7-10(9-11)12-3/h6-9,12H,4-5H2,1-3H3. The number of nitrogens with zero attached hydrogens (tertiary/aromatic N) is 1. The van der Waals surface area contributed by atoms with E-state index in [2.05, 4.69) is 48.3 Å². The van der Waals surface area contributed by atoms with Gasteiger partial charge in [0.15, 0.2) is 0 Å². The van der Waals surface area contributed by atoms with Gasteiger partial charge in [0, 0.05) is 31.5 Å². The lowest BCUT2D eigenvalue weighted by atomic mass is 10.2. The van der Waals surface area contributed by atoms with E-state index in [0.29, 0.717) is 0 Å². The third-order valence-corrected chi connectivity index (χ3v) is 2.26. The number of benzene rings is 1. The Bertz CT molecular complexity index is 254. The predicted octanol–water partition coefficient (Wildman–Crippen LogP) is 2.57. The Hall–Kier alpha value is -1.18. The molecule has 1 rings (SSSR count). The van der Waals surface area contributed by atoms with Gasteiger partial charge in [0.2, 0.25) is 0 Å². The van der Waals surface area contributed by atoms with Crippen LogP contribution in [-0.2, 0) is 0 Å². The molecule has 1 aromatic rings. The zero-order valence-corrected chi connectivity index (χ0v) is 8.67. The third-order valence-electron chi connectivity index (χ3n) is 2.26. The fraction of sp³-hybridized carbons (Fsp3) is 0.455. The molecule has 0 radical (unpaired) electrons. The van der Waals surface area contributed by atoms with Crippen molar-refractivity contribution in [2.45, 2.75) is 13.8 Å². The molecule has 0 aliphatic heterocycles. The van der Waals surface area contributed by atoms with E-state index in [1.165, 1.54) is 11.4 Å². The molecule has 0 aliphatic rings. The molecule has 1 N–H and O–H groups in total. The minimum atomic E-state index is 1.06. The van der Waals surface area contributed by atoms with Crippen molar-refractivity contribution in [3.63, 3.8) is 0 Å². The van der Waals surface area contributed by atoms with Crippen molar-refractivity contribution in [2.24, 2.45) is 0 Å². The van der Waals surface area contributed by atoms with Gasteiger partial charge in [-0.05, 0) is 32.0 Å². The monoisotopic (exact) mass is 178 g/mol. The van der Waals surface area contributed by atoms with E-state index in [1.54, 1.807) is 0 Å². The third kappa shape index (κ3) is 2.38. The van der Waals surface area contributed by atoms with Crippen molar-refractivity contribution in [3.05, 3.63) is 24.3 Å². The van der Waals surface area contributed by atoms with Crippen molar-refractivity contribution < 1.29 is 0 Å². The average molecular weight is 178 g/mol. The van der Waals surface area contributed by atoms with Gasteiger partial charge in [-0.15, -0.1) is 0 Å². The van der Waals surface area contributed by atoms with Crippen molar-refractivity contribution in [1.82, 2.24) is 0 Å². The lowest BCUT2D eigenvalue weighted by molar-refractivity contribution is 0.866. The quantitative estimate of drug-likeness (QED) is 0.762. The Morgan fingerprint density at radius 2 is 1.92 bits per heavy atom. The zero-order chi connectivity index (χ0) is 9.68. The molecular weight excluding hydrogens is 160 g/mol. The van der Waals surface area contributed by atoms with E-state index in [1.807, 2.05) is 7.05 Å². The van der Waals surface area contributed by atoms with Crippen LogP contribution in [-0.4, -0.2) is 20.1 Å². The summed E-state index contributed by atoms with van der Waals surface area (Å²) in [5.74, 6) is 0. The summed E-state index contributed by atoms with van der Waals surface area (Å²) in [5.41, 5.74) is 2.46. The van der Waals surface area contributed by atoms with E-state index < -0.39 is 0 Å². The Balaban J connectivity index is 2.86. The smallest absolute Gasteiger partial charge is 0.0386 e. The number of anilines is 2. The van der Waals surface area contributed by atoms with Gasteiger partial charge in [-0.1, -0.05) is 6.07 Å². The van der Waals surface area contributed by atoms with Gasteiger partial charge in [-0.25, -0.2) is 0 Å². The van der Waals surface area contributed by atoms with Crippen molar-refractivity contribution in [3.8, 4) is 0 Å². The maximum atomic E-state index is 3.14. The summed E-state index contributed by atoms with van der Waals surface area (Å²) in [4.78, 5) is 2.33. The van der Waals surface area contributed by atoms with Crippen LogP contribution in [0.15, 0.2) is 24.3 Å². The Morgan fingerprint density at radius 3 is 2.46 bits per heavy atom. The SMILES string of the molecule is CCN(CC)c1cccc(NC)c1. The van der Waals surface area contributed by atoms with Crippen LogP contribution >= 0.6 is 0 Å². The van der Waals surface area contributed by atoms with E-state index in [-0.39, 0.29) is 0 Å².